The highest BCUT2D eigenvalue weighted by molar-refractivity contribution is 6.76. The smallest absolute Gasteiger partial charge is 0.211 e. The number of hydrogen-bond acceptors (Lipinski definition) is 2. The fourth-order valence-electron chi connectivity index (χ4n) is 0.437. The van der Waals surface area contributed by atoms with Crippen molar-refractivity contribution < 1.29 is 4.79 Å². The highest BCUT2D eigenvalue weighted by Gasteiger charge is 2.10. The third kappa shape index (κ3) is 7.60. The van der Waals surface area contributed by atoms with Crippen LogP contribution in [0.5, 0.6) is 0 Å². The second-order valence-electron chi connectivity index (χ2n) is 3.28. The van der Waals surface area contributed by atoms with Gasteiger partial charge in [0.05, 0.1) is 0 Å². The first kappa shape index (κ1) is 8.60. The van der Waals surface area contributed by atoms with Gasteiger partial charge >= 0.3 is 0 Å². The van der Waals surface area contributed by atoms with E-state index in [4.69, 9.17) is 0 Å². The number of aliphatic imine (C=N–C) groups is 1. The lowest BCUT2D eigenvalue weighted by molar-refractivity contribution is 0.563. The Morgan fingerprint density at radius 3 is 2.33 bits per heavy atom. The summed E-state index contributed by atoms with van der Waals surface area (Å²) in [6, 6.07) is 1.09. The first-order valence-corrected chi connectivity index (χ1v) is 6.80. The molecule has 0 aliphatic carbocycles. The zero-order valence-electron chi connectivity index (χ0n) is 6.27. The maximum Gasteiger partial charge on any atom is 0.234 e. The number of carbonyl (C=O) groups excluding carboxylic acids is 1. The van der Waals surface area contributed by atoms with E-state index in [-0.39, 0.29) is 0 Å². The molecule has 0 aliphatic rings. The fourth-order valence-corrected chi connectivity index (χ4v) is 1.22. The molecular weight excluding hydrogens is 130 g/mol. The van der Waals surface area contributed by atoms with Crippen molar-refractivity contribution in [2.45, 2.75) is 25.7 Å². The third-order valence-electron chi connectivity index (χ3n) is 1.04. The van der Waals surface area contributed by atoms with Gasteiger partial charge in [0.1, 0.15) is 0 Å². The predicted molar refractivity (Wildman–Crippen MR) is 41.1 cm³/mol. The van der Waals surface area contributed by atoms with E-state index < -0.39 is 8.07 Å². The Hall–Kier alpha value is -0.403. The highest BCUT2D eigenvalue weighted by atomic mass is 28.3. The van der Waals surface area contributed by atoms with E-state index >= 15 is 0 Å². The molecule has 0 radical (unpaired) electrons. The zero-order chi connectivity index (χ0) is 7.33. The van der Waals surface area contributed by atoms with Gasteiger partial charge in [0, 0.05) is 14.6 Å². The normalized spacial score (nSPS) is 10.6. The number of isocyanates is 1. The van der Waals surface area contributed by atoms with E-state index in [9.17, 15) is 4.79 Å². The number of rotatable bonds is 3. The van der Waals surface area contributed by atoms with Gasteiger partial charge in [0.2, 0.25) is 6.08 Å². The summed E-state index contributed by atoms with van der Waals surface area (Å²) < 4.78 is 0. The average Bonchev–Trinajstić information content (AvgIpc) is 1.63. The van der Waals surface area contributed by atoms with Crippen molar-refractivity contribution in [3.05, 3.63) is 0 Å². The lowest BCUT2D eigenvalue weighted by Gasteiger charge is -2.11. The van der Waals surface area contributed by atoms with Crippen molar-refractivity contribution in [3.8, 4) is 0 Å². The Morgan fingerprint density at radius 2 is 2.00 bits per heavy atom. The summed E-state index contributed by atoms with van der Waals surface area (Å²) in [5.74, 6) is 0. The minimum Gasteiger partial charge on any atom is -0.211 e. The minimum absolute atomic E-state index is 0.666. The third-order valence-corrected chi connectivity index (χ3v) is 2.76. The van der Waals surface area contributed by atoms with Crippen LogP contribution in [0, 0.1) is 0 Å². The van der Waals surface area contributed by atoms with Crippen LogP contribution < -0.4 is 0 Å². The molecule has 0 aromatic rings. The van der Waals surface area contributed by atoms with Crippen LogP contribution in [0.25, 0.3) is 0 Å². The average molecular weight is 143 g/mol. The van der Waals surface area contributed by atoms with Crippen LogP contribution in [-0.2, 0) is 4.79 Å². The molecule has 0 aromatic heterocycles. The van der Waals surface area contributed by atoms with Crippen LogP contribution in [0.4, 0.5) is 0 Å². The van der Waals surface area contributed by atoms with Gasteiger partial charge in [0.15, 0.2) is 0 Å². The Labute approximate surface area is 57.0 Å². The summed E-state index contributed by atoms with van der Waals surface area (Å²) in [4.78, 5) is 13.1. The van der Waals surface area contributed by atoms with E-state index in [0.717, 1.165) is 6.04 Å². The Morgan fingerprint density at radius 1 is 1.44 bits per heavy atom. The summed E-state index contributed by atoms with van der Waals surface area (Å²) in [6.07, 6.45) is 1.54. The Balaban J connectivity index is 3.39. The standard InChI is InChI=1S/C6H13NOSi/c1-9(2,3)5-4-7-6-8/h4-5H2,1-3H3. The molecule has 0 amide bonds. The SMILES string of the molecule is C[Si](C)(C)CCN=C=O. The Kier molecular flexibility index (Phi) is 3.43. The van der Waals surface area contributed by atoms with Gasteiger partial charge in [-0.15, -0.1) is 0 Å². The summed E-state index contributed by atoms with van der Waals surface area (Å²) in [7, 11) is -0.967. The second-order valence-corrected chi connectivity index (χ2v) is 8.90. The van der Waals surface area contributed by atoms with Gasteiger partial charge in [0.25, 0.3) is 0 Å². The van der Waals surface area contributed by atoms with Crippen molar-refractivity contribution in [2.24, 2.45) is 4.99 Å². The van der Waals surface area contributed by atoms with Crippen molar-refractivity contribution >= 4 is 14.2 Å². The molecule has 3 heteroatoms. The largest absolute Gasteiger partial charge is 0.234 e. The first-order chi connectivity index (χ1) is 4.06. The van der Waals surface area contributed by atoms with Gasteiger partial charge < -0.3 is 0 Å². The lowest BCUT2D eigenvalue weighted by atomic mass is 10.8. The van der Waals surface area contributed by atoms with E-state index in [0.29, 0.717) is 6.54 Å². The molecule has 0 aromatic carbocycles. The molecule has 0 unspecified atom stereocenters. The first-order valence-electron chi connectivity index (χ1n) is 3.10. The van der Waals surface area contributed by atoms with Crippen LogP contribution in [0.15, 0.2) is 4.99 Å². The molecule has 0 atom stereocenters. The van der Waals surface area contributed by atoms with E-state index in [1.54, 1.807) is 0 Å². The zero-order valence-corrected chi connectivity index (χ0v) is 7.27. The molecule has 0 aliphatic heterocycles. The summed E-state index contributed by atoms with van der Waals surface area (Å²) in [6.45, 7) is 7.44. The summed E-state index contributed by atoms with van der Waals surface area (Å²) in [5.41, 5.74) is 0. The van der Waals surface area contributed by atoms with Crippen LogP contribution in [0.3, 0.4) is 0 Å². The van der Waals surface area contributed by atoms with Crippen LogP contribution >= 0.6 is 0 Å². The molecule has 0 heterocycles. The molecule has 2 nitrogen and oxygen atoms in total. The topological polar surface area (TPSA) is 29.4 Å². The van der Waals surface area contributed by atoms with Crippen LogP contribution in [-0.4, -0.2) is 20.7 Å². The summed E-state index contributed by atoms with van der Waals surface area (Å²) in [5, 5.41) is 0. The maximum absolute atomic E-state index is 9.61. The van der Waals surface area contributed by atoms with Gasteiger partial charge in [-0.3, -0.25) is 0 Å². The second kappa shape index (κ2) is 3.59. The number of nitrogens with zero attached hydrogens (tertiary/aromatic N) is 1. The van der Waals surface area contributed by atoms with Gasteiger partial charge in [-0.05, 0) is 6.04 Å². The maximum atomic E-state index is 9.61. The molecule has 0 N–H and O–H groups in total. The van der Waals surface area contributed by atoms with Crippen molar-refractivity contribution in [3.63, 3.8) is 0 Å². The summed E-state index contributed by atoms with van der Waals surface area (Å²) >= 11 is 0. The molecule has 0 saturated carbocycles. The van der Waals surface area contributed by atoms with Gasteiger partial charge in [-0.2, -0.15) is 0 Å². The quantitative estimate of drug-likeness (QED) is 0.335. The monoisotopic (exact) mass is 143 g/mol. The molecule has 0 spiro atoms. The highest BCUT2D eigenvalue weighted by Crippen LogP contribution is 2.06. The molecule has 52 valence electrons. The fraction of sp³-hybridized carbons (Fsp3) is 0.833. The van der Waals surface area contributed by atoms with E-state index in [1.165, 1.54) is 6.08 Å². The van der Waals surface area contributed by atoms with Gasteiger partial charge in [-0.25, -0.2) is 9.79 Å². The molecule has 0 bridgehead atoms. The molecule has 0 rings (SSSR count). The van der Waals surface area contributed by atoms with Crippen molar-refractivity contribution in [1.82, 2.24) is 0 Å². The van der Waals surface area contributed by atoms with Crippen LogP contribution in [0.2, 0.25) is 25.7 Å². The van der Waals surface area contributed by atoms with Crippen LogP contribution in [0.1, 0.15) is 0 Å². The minimum atomic E-state index is -0.967. The van der Waals surface area contributed by atoms with Gasteiger partial charge in [-0.1, -0.05) is 19.6 Å². The van der Waals surface area contributed by atoms with E-state index in [1.807, 2.05) is 0 Å². The van der Waals surface area contributed by atoms with E-state index in [2.05, 4.69) is 24.6 Å². The lowest BCUT2D eigenvalue weighted by Crippen LogP contribution is -2.20. The van der Waals surface area contributed by atoms with Crippen molar-refractivity contribution in [1.29, 1.82) is 0 Å². The predicted octanol–water partition coefficient (Wildman–Crippen LogP) is 1.66. The van der Waals surface area contributed by atoms with Crippen molar-refractivity contribution in [2.75, 3.05) is 6.54 Å². The molecule has 9 heavy (non-hydrogen) atoms. The number of hydrogen-bond donors (Lipinski definition) is 0. The Bertz CT molecular complexity index is 122. The molecule has 0 fully saturated rings. The molecule has 0 saturated heterocycles. The molecular formula is C6H13NOSi.